The molecule has 1 aliphatic carbocycles. The predicted octanol–water partition coefficient (Wildman–Crippen LogP) is 2.36. The van der Waals surface area contributed by atoms with Crippen LogP contribution in [-0.2, 0) is 9.59 Å². The lowest BCUT2D eigenvalue weighted by molar-refractivity contribution is -0.141. The van der Waals surface area contributed by atoms with Crippen molar-refractivity contribution in [1.29, 1.82) is 0 Å². The van der Waals surface area contributed by atoms with Crippen LogP contribution in [0.2, 0.25) is 0 Å². The molecular weight excluding hydrogens is 242 g/mol. The van der Waals surface area contributed by atoms with E-state index >= 15 is 0 Å². The van der Waals surface area contributed by atoms with Crippen molar-refractivity contribution in [2.24, 2.45) is 11.8 Å². The van der Waals surface area contributed by atoms with Crippen LogP contribution in [-0.4, -0.2) is 17.0 Å². The van der Waals surface area contributed by atoms with Crippen LogP contribution in [0.5, 0.6) is 0 Å². The van der Waals surface area contributed by atoms with Crippen LogP contribution in [0.15, 0.2) is 30.3 Å². The lowest BCUT2D eigenvalue weighted by Crippen LogP contribution is -2.32. The van der Waals surface area contributed by atoms with Crippen LogP contribution in [0.4, 0.5) is 0 Å². The number of nitrogens with one attached hydrogen (secondary N) is 1. The molecule has 0 radical (unpaired) electrons. The van der Waals surface area contributed by atoms with Crippen molar-refractivity contribution < 1.29 is 14.7 Å². The average molecular weight is 261 g/mol. The Labute approximate surface area is 112 Å². The number of rotatable bonds is 4. The molecule has 19 heavy (non-hydrogen) atoms. The van der Waals surface area contributed by atoms with Crippen LogP contribution >= 0.6 is 0 Å². The average Bonchev–Trinajstić information content (AvgIpc) is 2.89. The Morgan fingerprint density at radius 3 is 2.42 bits per heavy atom. The summed E-state index contributed by atoms with van der Waals surface area (Å²) in [6.45, 7) is 1.94. The maximum Gasteiger partial charge on any atom is 0.306 e. The van der Waals surface area contributed by atoms with Gasteiger partial charge in [0.1, 0.15) is 0 Å². The minimum Gasteiger partial charge on any atom is -0.481 e. The zero-order valence-electron chi connectivity index (χ0n) is 11.0. The first-order valence-electron chi connectivity index (χ1n) is 6.66. The number of benzene rings is 1. The highest BCUT2D eigenvalue weighted by Gasteiger charge is 2.34. The zero-order chi connectivity index (χ0) is 13.8. The predicted molar refractivity (Wildman–Crippen MR) is 71.5 cm³/mol. The van der Waals surface area contributed by atoms with Gasteiger partial charge in [-0.25, -0.2) is 0 Å². The summed E-state index contributed by atoms with van der Waals surface area (Å²) in [5, 5.41) is 11.9. The van der Waals surface area contributed by atoms with Crippen molar-refractivity contribution in [3.63, 3.8) is 0 Å². The molecule has 1 saturated carbocycles. The number of amides is 1. The summed E-state index contributed by atoms with van der Waals surface area (Å²) in [6.07, 6.45) is 1.74. The largest absolute Gasteiger partial charge is 0.481 e. The monoisotopic (exact) mass is 261 g/mol. The minimum atomic E-state index is -0.786. The Morgan fingerprint density at radius 2 is 1.84 bits per heavy atom. The van der Waals surface area contributed by atoms with Gasteiger partial charge in [-0.15, -0.1) is 0 Å². The first-order valence-corrected chi connectivity index (χ1v) is 6.66. The summed E-state index contributed by atoms with van der Waals surface area (Å²) in [4.78, 5) is 23.0. The zero-order valence-corrected chi connectivity index (χ0v) is 11.0. The van der Waals surface area contributed by atoms with Gasteiger partial charge in [-0.2, -0.15) is 0 Å². The Kier molecular flexibility index (Phi) is 4.20. The molecule has 0 unspecified atom stereocenters. The molecule has 2 rings (SSSR count). The van der Waals surface area contributed by atoms with Gasteiger partial charge >= 0.3 is 5.97 Å². The van der Waals surface area contributed by atoms with Crippen LogP contribution in [0, 0.1) is 11.8 Å². The second-order valence-electron chi connectivity index (χ2n) is 5.19. The molecule has 1 aromatic rings. The lowest BCUT2D eigenvalue weighted by atomic mass is 10.0. The molecule has 4 heteroatoms. The summed E-state index contributed by atoms with van der Waals surface area (Å²) >= 11 is 0. The number of carboxylic acids is 1. The minimum absolute atomic E-state index is 0.0277. The first-order chi connectivity index (χ1) is 9.08. The van der Waals surface area contributed by atoms with E-state index in [9.17, 15) is 9.59 Å². The molecule has 2 N–H and O–H groups in total. The van der Waals surface area contributed by atoms with Crippen LogP contribution in [0.25, 0.3) is 0 Å². The van der Waals surface area contributed by atoms with E-state index in [-0.39, 0.29) is 23.8 Å². The van der Waals surface area contributed by atoms with E-state index in [2.05, 4.69) is 5.32 Å². The second-order valence-corrected chi connectivity index (χ2v) is 5.19. The molecule has 102 valence electrons. The quantitative estimate of drug-likeness (QED) is 0.874. The van der Waals surface area contributed by atoms with E-state index < -0.39 is 5.97 Å². The van der Waals surface area contributed by atoms with E-state index in [0.717, 1.165) is 5.56 Å². The van der Waals surface area contributed by atoms with Crippen molar-refractivity contribution in [1.82, 2.24) is 5.32 Å². The van der Waals surface area contributed by atoms with Gasteiger partial charge in [-0.3, -0.25) is 9.59 Å². The molecule has 0 spiro atoms. The van der Waals surface area contributed by atoms with Gasteiger partial charge in [0.25, 0.3) is 0 Å². The molecule has 0 saturated heterocycles. The van der Waals surface area contributed by atoms with Crippen molar-refractivity contribution in [3.05, 3.63) is 35.9 Å². The third kappa shape index (κ3) is 3.34. The highest BCUT2D eigenvalue weighted by Crippen LogP contribution is 2.31. The molecule has 1 fully saturated rings. The van der Waals surface area contributed by atoms with Crippen molar-refractivity contribution in [2.75, 3.05) is 0 Å². The van der Waals surface area contributed by atoms with E-state index in [1.54, 1.807) is 0 Å². The van der Waals surface area contributed by atoms with Gasteiger partial charge in [0.2, 0.25) is 5.91 Å². The molecular formula is C15H19NO3. The van der Waals surface area contributed by atoms with Gasteiger partial charge in [-0.1, -0.05) is 30.3 Å². The Hall–Kier alpha value is -1.84. The van der Waals surface area contributed by atoms with Crippen molar-refractivity contribution in [3.8, 4) is 0 Å². The molecule has 0 heterocycles. The fraction of sp³-hybridized carbons (Fsp3) is 0.467. The number of hydrogen-bond donors (Lipinski definition) is 2. The maximum absolute atomic E-state index is 12.1. The number of aliphatic carboxylic acids is 1. The standard InChI is InChI=1S/C15H19NO3/c1-10(11-5-3-2-4-6-11)16-14(17)12-7-8-13(9-12)15(18)19/h2-6,10,12-13H,7-9H2,1H3,(H,16,17)(H,18,19)/t10-,12+,13-/m0/s1. The second kappa shape index (κ2) is 5.87. The fourth-order valence-electron chi connectivity index (χ4n) is 2.60. The van der Waals surface area contributed by atoms with Crippen LogP contribution in [0.1, 0.15) is 37.8 Å². The highest BCUT2D eigenvalue weighted by atomic mass is 16.4. The smallest absolute Gasteiger partial charge is 0.306 e. The van der Waals surface area contributed by atoms with Crippen LogP contribution in [0.3, 0.4) is 0 Å². The van der Waals surface area contributed by atoms with Gasteiger partial charge in [-0.05, 0) is 31.7 Å². The summed E-state index contributed by atoms with van der Waals surface area (Å²) < 4.78 is 0. The number of carbonyl (C=O) groups is 2. The highest BCUT2D eigenvalue weighted by molar-refractivity contribution is 5.81. The molecule has 0 aromatic heterocycles. The summed E-state index contributed by atoms with van der Waals surface area (Å²) in [7, 11) is 0. The maximum atomic E-state index is 12.1. The van der Waals surface area contributed by atoms with Crippen molar-refractivity contribution in [2.45, 2.75) is 32.2 Å². The van der Waals surface area contributed by atoms with Gasteiger partial charge < -0.3 is 10.4 Å². The molecule has 1 amide bonds. The number of hydrogen-bond acceptors (Lipinski definition) is 2. The Bertz CT molecular complexity index is 458. The summed E-state index contributed by atoms with van der Waals surface area (Å²) in [5.41, 5.74) is 1.06. The van der Waals surface area contributed by atoms with Gasteiger partial charge in [0.05, 0.1) is 12.0 Å². The number of carbonyl (C=O) groups excluding carboxylic acids is 1. The lowest BCUT2D eigenvalue weighted by Gasteiger charge is -2.17. The molecule has 3 atom stereocenters. The topological polar surface area (TPSA) is 66.4 Å². The summed E-state index contributed by atoms with van der Waals surface area (Å²) in [5.74, 6) is -1.33. The van der Waals surface area contributed by atoms with Crippen LogP contribution < -0.4 is 5.32 Å². The molecule has 0 aliphatic heterocycles. The molecule has 0 bridgehead atoms. The van der Waals surface area contributed by atoms with Gasteiger partial charge in [0, 0.05) is 5.92 Å². The summed E-state index contributed by atoms with van der Waals surface area (Å²) in [6, 6.07) is 9.71. The Balaban J connectivity index is 1.90. The fourth-order valence-corrected chi connectivity index (χ4v) is 2.60. The molecule has 1 aliphatic rings. The third-order valence-electron chi connectivity index (χ3n) is 3.81. The van der Waals surface area contributed by atoms with E-state index in [1.165, 1.54) is 0 Å². The molecule has 1 aromatic carbocycles. The van der Waals surface area contributed by atoms with E-state index in [0.29, 0.717) is 19.3 Å². The van der Waals surface area contributed by atoms with Gasteiger partial charge in [0.15, 0.2) is 0 Å². The van der Waals surface area contributed by atoms with E-state index in [1.807, 2.05) is 37.3 Å². The SMILES string of the molecule is C[C@H](NC(=O)[C@@H]1CC[C@H](C(=O)O)C1)c1ccccc1. The number of carboxylic acid groups (broad SMARTS) is 1. The first kappa shape index (κ1) is 13.6. The third-order valence-corrected chi connectivity index (χ3v) is 3.81. The normalized spacial score (nSPS) is 23.8. The molecule has 4 nitrogen and oxygen atoms in total. The van der Waals surface area contributed by atoms with Crippen molar-refractivity contribution >= 4 is 11.9 Å². The van der Waals surface area contributed by atoms with E-state index in [4.69, 9.17) is 5.11 Å². The Morgan fingerprint density at radius 1 is 1.21 bits per heavy atom.